The molecule has 0 saturated heterocycles. The van der Waals surface area contributed by atoms with Crippen molar-refractivity contribution in [2.45, 2.75) is 26.3 Å². The molecule has 0 bridgehead atoms. The summed E-state index contributed by atoms with van der Waals surface area (Å²) in [5, 5.41) is 4.46. The van der Waals surface area contributed by atoms with Gasteiger partial charge in [0.25, 0.3) is 0 Å². The molecule has 0 aliphatic rings. The van der Waals surface area contributed by atoms with E-state index in [9.17, 15) is 0 Å². The molecule has 2 aromatic rings. The minimum atomic E-state index is -0.00532. The Bertz CT molecular complexity index is 513. The summed E-state index contributed by atoms with van der Waals surface area (Å²) >= 11 is 0. The van der Waals surface area contributed by atoms with Crippen LogP contribution in [0.4, 0.5) is 0 Å². The van der Waals surface area contributed by atoms with Gasteiger partial charge in [0.15, 0.2) is 0 Å². The number of rotatable bonds is 4. The van der Waals surface area contributed by atoms with E-state index in [1.165, 1.54) is 5.56 Å². The van der Waals surface area contributed by atoms with Crippen molar-refractivity contribution in [3.8, 4) is 0 Å². The van der Waals surface area contributed by atoms with Crippen molar-refractivity contribution in [3.63, 3.8) is 0 Å². The average molecular weight is 244 g/mol. The van der Waals surface area contributed by atoms with Crippen LogP contribution in [0.2, 0.25) is 0 Å². The molecule has 1 aromatic carbocycles. The monoisotopic (exact) mass is 244 g/mol. The fraction of sp³-hybridized carbons (Fsp3) is 0.357. The maximum absolute atomic E-state index is 5.72. The largest absolute Gasteiger partial charge is 0.275 e. The summed E-state index contributed by atoms with van der Waals surface area (Å²) in [5.41, 5.74) is 7.52. The molecule has 1 atom stereocenters. The number of hydrogen-bond acceptors (Lipinski definition) is 3. The number of nitrogens with two attached hydrogens (primary N) is 1. The van der Waals surface area contributed by atoms with Crippen LogP contribution >= 0.6 is 0 Å². The van der Waals surface area contributed by atoms with Crippen LogP contribution in [0.3, 0.4) is 0 Å². The van der Waals surface area contributed by atoms with E-state index in [1.54, 1.807) is 0 Å². The van der Waals surface area contributed by atoms with Gasteiger partial charge in [0.2, 0.25) is 0 Å². The average Bonchev–Trinajstić information content (AvgIpc) is 2.74. The first kappa shape index (κ1) is 12.8. The predicted octanol–water partition coefficient (Wildman–Crippen LogP) is 1.84. The van der Waals surface area contributed by atoms with Crippen molar-refractivity contribution >= 4 is 0 Å². The normalized spacial score (nSPS) is 12.7. The smallest absolute Gasteiger partial charge is 0.0743 e. The Morgan fingerprint density at radius 1 is 1.33 bits per heavy atom. The van der Waals surface area contributed by atoms with Crippen LogP contribution in [0.5, 0.6) is 0 Å². The lowest BCUT2D eigenvalue weighted by Gasteiger charge is -2.16. The molecule has 4 nitrogen and oxygen atoms in total. The summed E-state index contributed by atoms with van der Waals surface area (Å²) in [6.45, 7) is 4.19. The van der Waals surface area contributed by atoms with E-state index in [0.29, 0.717) is 0 Å². The third-order valence-corrected chi connectivity index (χ3v) is 3.16. The summed E-state index contributed by atoms with van der Waals surface area (Å²) in [6, 6.07) is 8.40. The second kappa shape index (κ2) is 5.33. The Balaban J connectivity index is 2.41. The van der Waals surface area contributed by atoms with Crippen molar-refractivity contribution in [3.05, 3.63) is 52.8 Å². The maximum atomic E-state index is 5.72. The van der Waals surface area contributed by atoms with Gasteiger partial charge in [-0.1, -0.05) is 36.8 Å². The third kappa shape index (κ3) is 2.44. The summed E-state index contributed by atoms with van der Waals surface area (Å²) in [4.78, 5) is 0. The predicted molar refractivity (Wildman–Crippen MR) is 72.9 cm³/mol. The molecule has 1 unspecified atom stereocenters. The lowest BCUT2D eigenvalue weighted by Crippen LogP contribution is -2.29. The van der Waals surface area contributed by atoms with Gasteiger partial charge >= 0.3 is 0 Å². The van der Waals surface area contributed by atoms with Crippen molar-refractivity contribution in [2.75, 3.05) is 0 Å². The van der Waals surface area contributed by atoms with Gasteiger partial charge in [-0.25, -0.2) is 5.43 Å². The SMILES string of the molecule is CCc1nn(C)cc1C(NN)c1ccc(C)cc1. The first-order valence-corrected chi connectivity index (χ1v) is 6.20. The van der Waals surface area contributed by atoms with Gasteiger partial charge < -0.3 is 0 Å². The topological polar surface area (TPSA) is 55.9 Å². The van der Waals surface area contributed by atoms with E-state index in [4.69, 9.17) is 5.84 Å². The lowest BCUT2D eigenvalue weighted by molar-refractivity contribution is 0.631. The standard InChI is InChI=1S/C14H20N4/c1-4-13-12(9-18(3)17-13)14(16-15)11-7-5-10(2)6-8-11/h5-9,14,16H,4,15H2,1-3H3. The molecule has 0 radical (unpaired) electrons. The second-order valence-corrected chi connectivity index (χ2v) is 4.57. The molecule has 0 fully saturated rings. The van der Waals surface area contributed by atoms with Gasteiger partial charge in [-0.2, -0.15) is 5.10 Å². The molecule has 1 aromatic heterocycles. The fourth-order valence-corrected chi connectivity index (χ4v) is 2.19. The number of hydrogen-bond donors (Lipinski definition) is 2. The highest BCUT2D eigenvalue weighted by atomic mass is 15.3. The van der Waals surface area contributed by atoms with E-state index in [0.717, 1.165) is 23.2 Å². The second-order valence-electron chi connectivity index (χ2n) is 4.57. The summed E-state index contributed by atoms with van der Waals surface area (Å²) in [5.74, 6) is 5.72. The molecule has 4 heteroatoms. The van der Waals surface area contributed by atoms with Gasteiger partial charge in [0.1, 0.15) is 0 Å². The van der Waals surface area contributed by atoms with Crippen molar-refractivity contribution in [1.82, 2.24) is 15.2 Å². The summed E-state index contributed by atoms with van der Waals surface area (Å²) < 4.78 is 1.84. The molecule has 2 rings (SSSR count). The number of aromatic nitrogens is 2. The zero-order valence-corrected chi connectivity index (χ0v) is 11.1. The summed E-state index contributed by atoms with van der Waals surface area (Å²) in [7, 11) is 1.94. The summed E-state index contributed by atoms with van der Waals surface area (Å²) in [6.07, 6.45) is 2.93. The highest BCUT2D eigenvalue weighted by Gasteiger charge is 2.18. The van der Waals surface area contributed by atoms with Crippen LogP contribution < -0.4 is 11.3 Å². The number of nitrogens with zero attached hydrogens (tertiary/aromatic N) is 2. The molecule has 96 valence electrons. The van der Waals surface area contributed by atoms with E-state index < -0.39 is 0 Å². The molecule has 0 aliphatic heterocycles. The molecule has 18 heavy (non-hydrogen) atoms. The third-order valence-electron chi connectivity index (χ3n) is 3.16. The first-order valence-electron chi connectivity index (χ1n) is 6.20. The van der Waals surface area contributed by atoms with Crippen LogP contribution in [0.1, 0.15) is 35.3 Å². The van der Waals surface area contributed by atoms with E-state index in [2.05, 4.69) is 48.6 Å². The number of benzene rings is 1. The van der Waals surface area contributed by atoms with Crippen LogP contribution in [0.15, 0.2) is 30.5 Å². The zero-order valence-electron chi connectivity index (χ0n) is 11.1. The number of hydrazine groups is 1. The molecule has 1 heterocycles. The van der Waals surface area contributed by atoms with Crippen molar-refractivity contribution in [2.24, 2.45) is 12.9 Å². The molecular weight excluding hydrogens is 224 g/mol. The van der Waals surface area contributed by atoms with Crippen molar-refractivity contribution < 1.29 is 0 Å². The molecule has 0 aliphatic carbocycles. The van der Waals surface area contributed by atoms with Crippen LogP contribution in [-0.2, 0) is 13.5 Å². The molecule has 0 spiro atoms. The minimum Gasteiger partial charge on any atom is -0.275 e. The van der Waals surface area contributed by atoms with Gasteiger partial charge in [0, 0.05) is 18.8 Å². The lowest BCUT2D eigenvalue weighted by atomic mass is 9.98. The molecular formula is C14H20N4. The number of nitrogens with one attached hydrogen (secondary N) is 1. The van der Waals surface area contributed by atoms with E-state index >= 15 is 0 Å². The molecule has 3 N–H and O–H groups in total. The maximum Gasteiger partial charge on any atom is 0.0743 e. The minimum absolute atomic E-state index is 0.00532. The Hall–Kier alpha value is -1.65. The Labute approximate surface area is 108 Å². The fourth-order valence-electron chi connectivity index (χ4n) is 2.19. The number of aryl methyl sites for hydroxylation is 3. The molecule has 0 amide bonds. The van der Waals surface area contributed by atoms with Gasteiger partial charge in [-0.05, 0) is 18.9 Å². The van der Waals surface area contributed by atoms with E-state index in [-0.39, 0.29) is 6.04 Å². The highest BCUT2D eigenvalue weighted by molar-refractivity contribution is 5.34. The quantitative estimate of drug-likeness (QED) is 0.637. The Kier molecular flexibility index (Phi) is 3.79. The van der Waals surface area contributed by atoms with E-state index in [1.807, 2.05) is 17.9 Å². The Morgan fingerprint density at radius 2 is 2.00 bits per heavy atom. The van der Waals surface area contributed by atoms with Crippen LogP contribution in [0, 0.1) is 6.92 Å². The first-order chi connectivity index (χ1) is 8.65. The molecule has 0 saturated carbocycles. The van der Waals surface area contributed by atoms with Gasteiger partial charge in [-0.3, -0.25) is 10.5 Å². The highest BCUT2D eigenvalue weighted by Crippen LogP contribution is 2.24. The van der Waals surface area contributed by atoms with Crippen molar-refractivity contribution in [1.29, 1.82) is 0 Å². The van der Waals surface area contributed by atoms with Gasteiger partial charge in [-0.15, -0.1) is 0 Å². The van der Waals surface area contributed by atoms with Crippen LogP contribution in [-0.4, -0.2) is 9.78 Å². The van der Waals surface area contributed by atoms with Crippen LogP contribution in [0.25, 0.3) is 0 Å². The van der Waals surface area contributed by atoms with Gasteiger partial charge in [0.05, 0.1) is 11.7 Å². The zero-order chi connectivity index (χ0) is 13.1. The Morgan fingerprint density at radius 3 is 2.56 bits per heavy atom.